The molecule has 4 unspecified atom stereocenters. The lowest BCUT2D eigenvalue weighted by atomic mass is 9.66. The Morgan fingerprint density at radius 2 is 0.932 bits per heavy atom. The van der Waals surface area contributed by atoms with Crippen molar-refractivity contribution < 1.29 is 14.3 Å². The normalized spacial score (nSPS) is 21.9. The molecule has 44 heavy (non-hydrogen) atoms. The standard InChI is InChI=1S/C39H32Cl2O3/c40-31-17-21-33(22-18-31)43-38(25-9-3-10-26-38)35(29-13-5-1-6-14-29)37(42)36(30-15-7-2-8-16-30)39(27-11-4-12-28-39)44-34-23-19-32(41)20-24-34/h1-25,27,35-36H,26,28H2. The summed E-state index contributed by atoms with van der Waals surface area (Å²) in [5.41, 5.74) is -0.290. The zero-order valence-electron chi connectivity index (χ0n) is 24.1. The van der Waals surface area contributed by atoms with Gasteiger partial charge < -0.3 is 9.47 Å². The summed E-state index contributed by atoms with van der Waals surface area (Å²) in [7, 11) is 0. The van der Waals surface area contributed by atoms with Gasteiger partial charge in [0, 0.05) is 22.9 Å². The Kier molecular flexibility index (Phi) is 8.88. The molecule has 4 atom stereocenters. The van der Waals surface area contributed by atoms with E-state index >= 15 is 4.79 Å². The van der Waals surface area contributed by atoms with E-state index in [1.807, 2.05) is 121 Å². The summed E-state index contributed by atoms with van der Waals surface area (Å²) in [5.74, 6) is -0.115. The first-order valence-corrected chi connectivity index (χ1v) is 15.5. The van der Waals surface area contributed by atoms with Crippen molar-refractivity contribution in [1.82, 2.24) is 0 Å². The van der Waals surface area contributed by atoms with Gasteiger partial charge in [-0.1, -0.05) is 120 Å². The van der Waals surface area contributed by atoms with E-state index in [4.69, 9.17) is 32.7 Å². The number of benzene rings is 4. The summed E-state index contributed by atoms with van der Waals surface area (Å²) in [5, 5.41) is 1.23. The Morgan fingerprint density at radius 3 is 1.27 bits per heavy atom. The predicted molar refractivity (Wildman–Crippen MR) is 179 cm³/mol. The summed E-state index contributed by atoms with van der Waals surface area (Å²) in [6.45, 7) is 0. The van der Waals surface area contributed by atoms with Gasteiger partial charge in [0.25, 0.3) is 0 Å². The van der Waals surface area contributed by atoms with Crippen LogP contribution in [0.4, 0.5) is 0 Å². The number of carbonyl (C=O) groups is 1. The highest BCUT2D eigenvalue weighted by atomic mass is 35.5. The zero-order valence-corrected chi connectivity index (χ0v) is 25.6. The van der Waals surface area contributed by atoms with E-state index < -0.39 is 23.0 Å². The maximum Gasteiger partial charge on any atom is 0.156 e. The Morgan fingerprint density at radius 1 is 0.545 bits per heavy atom. The molecule has 6 rings (SSSR count). The van der Waals surface area contributed by atoms with Crippen LogP contribution in [0.5, 0.6) is 11.5 Å². The quantitative estimate of drug-likeness (QED) is 0.177. The van der Waals surface area contributed by atoms with Crippen LogP contribution in [-0.2, 0) is 4.79 Å². The van der Waals surface area contributed by atoms with Crippen molar-refractivity contribution in [2.75, 3.05) is 0 Å². The number of Topliss-reactive ketones (excluding diaryl/α,β-unsaturated/α-hetero) is 1. The lowest BCUT2D eigenvalue weighted by molar-refractivity contribution is -0.129. The second kappa shape index (κ2) is 13.1. The van der Waals surface area contributed by atoms with Gasteiger partial charge in [-0.05, 0) is 71.8 Å². The van der Waals surface area contributed by atoms with Crippen molar-refractivity contribution in [3.05, 3.63) is 179 Å². The van der Waals surface area contributed by atoms with Crippen LogP contribution in [0, 0.1) is 0 Å². The predicted octanol–water partition coefficient (Wildman–Crippen LogP) is 10.1. The molecule has 4 aromatic carbocycles. The molecule has 0 fully saturated rings. The minimum Gasteiger partial charge on any atom is -0.482 e. The van der Waals surface area contributed by atoms with Gasteiger partial charge in [0.2, 0.25) is 0 Å². The number of ketones is 1. The van der Waals surface area contributed by atoms with E-state index in [1.54, 1.807) is 24.3 Å². The molecule has 0 aromatic heterocycles. The highest BCUT2D eigenvalue weighted by molar-refractivity contribution is 6.30. The van der Waals surface area contributed by atoms with Crippen LogP contribution >= 0.6 is 23.2 Å². The highest BCUT2D eigenvalue weighted by Gasteiger charge is 2.52. The molecule has 0 bridgehead atoms. The second-order valence-electron chi connectivity index (χ2n) is 11.1. The first kappa shape index (κ1) is 29.7. The fraction of sp³-hybridized carbons (Fsp3) is 0.154. The van der Waals surface area contributed by atoms with Crippen LogP contribution in [0.25, 0.3) is 0 Å². The van der Waals surface area contributed by atoms with E-state index in [2.05, 4.69) is 12.2 Å². The van der Waals surface area contributed by atoms with Crippen molar-refractivity contribution in [3.8, 4) is 11.5 Å². The molecule has 2 aliphatic rings. The third-order valence-corrected chi connectivity index (χ3v) is 8.68. The Hall–Kier alpha value is -4.31. The van der Waals surface area contributed by atoms with Gasteiger partial charge in [-0.2, -0.15) is 0 Å². The molecule has 5 heteroatoms. The molecule has 3 nitrogen and oxygen atoms in total. The molecule has 2 aliphatic carbocycles. The molecule has 0 saturated heterocycles. The summed E-state index contributed by atoms with van der Waals surface area (Å²) >= 11 is 12.4. The molecule has 220 valence electrons. The largest absolute Gasteiger partial charge is 0.482 e. The van der Waals surface area contributed by atoms with E-state index in [0.717, 1.165) is 11.1 Å². The third kappa shape index (κ3) is 6.31. The van der Waals surface area contributed by atoms with Gasteiger partial charge in [-0.3, -0.25) is 4.79 Å². The average Bonchev–Trinajstić information content (AvgIpc) is 3.05. The van der Waals surface area contributed by atoms with Crippen molar-refractivity contribution in [1.29, 1.82) is 0 Å². The van der Waals surface area contributed by atoms with Gasteiger partial charge >= 0.3 is 0 Å². The maximum absolute atomic E-state index is 15.6. The molecular formula is C39H32Cl2O3. The summed E-state index contributed by atoms with van der Waals surface area (Å²) in [6, 6.07) is 34.4. The number of halogens is 2. The number of allylic oxidation sites excluding steroid dienone is 4. The van der Waals surface area contributed by atoms with Gasteiger partial charge in [-0.15, -0.1) is 0 Å². The van der Waals surface area contributed by atoms with Gasteiger partial charge in [0.1, 0.15) is 22.7 Å². The van der Waals surface area contributed by atoms with Crippen LogP contribution in [0.1, 0.15) is 35.8 Å². The molecule has 0 heterocycles. The van der Waals surface area contributed by atoms with Crippen molar-refractivity contribution >= 4 is 29.0 Å². The topological polar surface area (TPSA) is 35.5 Å². The summed E-state index contributed by atoms with van der Waals surface area (Å²) in [6.07, 6.45) is 17.0. The van der Waals surface area contributed by atoms with E-state index in [-0.39, 0.29) is 5.78 Å². The summed E-state index contributed by atoms with van der Waals surface area (Å²) < 4.78 is 13.7. The van der Waals surface area contributed by atoms with Crippen LogP contribution < -0.4 is 9.47 Å². The second-order valence-corrected chi connectivity index (χ2v) is 12.0. The van der Waals surface area contributed by atoms with Gasteiger partial charge in [0.15, 0.2) is 5.78 Å². The minimum atomic E-state index is -1.01. The summed E-state index contributed by atoms with van der Waals surface area (Å²) in [4.78, 5) is 15.6. The number of hydrogen-bond acceptors (Lipinski definition) is 3. The van der Waals surface area contributed by atoms with E-state index in [1.165, 1.54) is 0 Å². The highest BCUT2D eigenvalue weighted by Crippen LogP contribution is 2.47. The molecule has 0 spiro atoms. The number of hydrogen-bond donors (Lipinski definition) is 0. The Labute approximate surface area is 268 Å². The molecule has 0 radical (unpaired) electrons. The molecule has 4 aromatic rings. The fourth-order valence-corrected chi connectivity index (χ4v) is 6.46. The number of carbonyl (C=O) groups excluding carboxylic acids is 1. The maximum atomic E-state index is 15.6. The lowest BCUT2D eigenvalue weighted by Gasteiger charge is -2.44. The van der Waals surface area contributed by atoms with Gasteiger partial charge in [-0.25, -0.2) is 0 Å². The van der Waals surface area contributed by atoms with Crippen LogP contribution in [-0.4, -0.2) is 17.0 Å². The SMILES string of the molecule is O=C(C(c1ccccc1)C1(Oc2ccc(Cl)cc2)C=CC=CC1)C(c1ccccc1)C1(Oc2ccc(Cl)cc2)C=CC=CC1. The Balaban J connectivity index is 1.53. The third-order valence-electron chi connectivity index (χ3n) is 8.18. The zero-order chi connectivity index (χ0) is 30.4. The molecular weight excluding hydrogens is 587 g/mol. The van der Waals surface area contributed by atoms with Crippen LogP contribution in [0.3, 0.4) is 0 Å². The van der Waals surface area contributed by atoms with E-state index in [0.29, 0.717) is 34.4 Å². The molecule has 0 N–H and O–H groups in total. The van der Waals surface area contributed by atoms with Crippen molar-refractivity contribution in [3.63, 3.8) is 0 Å². The molecule has 0 aliphatic heterocycles. The first-order chi connectivity index (χ1) is 21.5. The number of rotatable bonds is 10. The van der Waals surface area contributed by atoms with Crippen LogP contribution in [0.2, 0.25) is 10.0 Å². The number of ether oxygens (including phenoxy) is 2. The minimum absolute atomic E-state index is 0.00905. The van der Waals surface area contributed by atoms with Gasteiger partial charge in [0.05, 0.1) is 11.8 Å². The average molecular weight is 620 g/mol. The monoisotopic (exact) mass is 618 g/mol. The van der Waals surface area contributed by atoms with E-state index in [9.17, 15) is 0 Å². The van der Waals surface area contributed by atoms with Crippen LogP contribution in [0.15, 0.2) is 158 Å². The molecule has 0 amide bonds. The first-order valence-electron chi connectivity index (χ1n) is 14.7. The fourth-order valence-electron chi connectivity index (χ4n) is 6.21. The molecule has 0 saturated carbocycles. The van der Waals surface area contributed by atoms with Crippen molar-refractivity contribution in [2.45, 2.75) is 35.9 Å². The van der Waals surface area contributed by atoms with Crippen molar-refractivity contribution in [2.24, 2.45) is 0 Å². The lowest BCUT2D eigenvalue weighted by Crippen LogP contribution is -2.51. The Bertz CT molecular complexity index is 1570. The smallest absolute Gasteiger partial charge is 0.156 e.